The minimum absolute atomic E-state index is 0.0763. The summed E-state index contributed by atoms with van der Waals surface area (Å²) in [7, 11) is 0. The molecule has 31 heavy (non-hydrogen) atoms. The summed E-state index contributed by atoms with van der Waals surface area (Å²) in [6.07, 6.45) is 0. The fourth-order valence-electron chi connectivity index (χ4n) is 3.21. The van der Waals surface area contributed by atoms with E-state index in [1.54, 1.807) is 13.0 Å². The fourth-order valence-corrected chi connectivity index (χ4v) is 3.78. The van der Waals surface area contributed by atoms with Gasteiger partial charge in [0.25, 0.3) is 17.3 Å². The second-order valence-corrected chi connectivity index (χ2v) is 7.68. The van der Waals surface area contributed by atoms with Gasteiger partial charge in [0.15, 0.2) is 5.11 Å². The van der Waals surface area contributed by atoms with Crippen molar-refractivity contribution in [2.45, 2.75) is 6.92 Å². The van der Waals surface area contributed by atoms with Crippen molar-refractivity contribution in [1.29, 1.82) is 0 Å². The third-order valence-corrected chi connectivity index (χ3v) is 5.60. The molecule has 1 heterocycles. The van der Waals surface area contributed by atoms with Crippen molar-refractivity contribution in [1.82, 2.24) is 10.2 Å². The number of nitro groups is 2. The van der Waals surface area contributed by atoms with Crippen LogP contribution in [0.15, 0.2) is 36.4 Å². The molecule has 12 heteroatoms. The second-order valence-electron chi connectivity index (χ2n) is 6.88. The number of piperazine rings is 1. The Kier molecular flexibility index (Phi) is 6.66. The van der Waals surface area contributed by atoms with E-state index in [-0.39, 0.29) is 22.1 Å². The maximum absolute atomic E-state index is 12.5. The summed E-state index contributed by atoms with van der Waals surface area (Å²) in [5.41, 5.74) is 1.09. The second kappa shape index (κ2) is 9.23. The van der Waals surface area contributed by atoms with Crippen LogP contribution in [0.4, 0.5) is 17.1 Å². The van der Waals surface area contributed by atoms with E-state index in [0.717, 1.165) is 0 Å². The van der Waals surface area contributed by atoms with E-state index in [2.05, 4.69) is 5.32 Å². The molecular weight excluding hydrogens is 446 g/mol. The van der Waals surface area contributed by atoms with Crippen molar-refractivity contribution in [2.75, 3.05) is 31.1 Å². The molecule has 1 amide bonds. The van der Waals surface area contributed by atoms with E-state index in [0.29, 0.717) is 42.5 Å². The Bertz CT molecular complexity index is 1070. The van der Waals surface area contributed by atoms with Crippen LogP contribution in [0, 0.1) is 27.2 Å². The molecule has 0 bridgehead atoms. The molecule has 1 aliphatic heterocycles. The normalized spacial score (nSPS) is 13.6. The Labute approximate surface area is 187 Å². The minimum Gasteiger partial charge on any atom is -0.367 e. The van der Waals surface area contributed by atoms with E-state index in [4.69, 9.17) is 23.8 Å². The number of thiocarbonyl (C=S) groups is 1. The summed E-state index contributed by atoms with van der Waals surface area (Å²) in [5, 5.41) is 25.1. The smallest absolute Gasteiger partial charge is 0.273 e. The Morgan fingerprint density at radius 1 is 1.06 bits per heavy atom. The minimum atomic E-state index is -0.535. The summed E-state index contributed by atoms with van der Waals surface area (Å²) >= 11 is 11.5. The van der Waals surface area contributed by atoms with Gasteiger partial charge < -0.3 is 9.80 Å². The number of non-ortho nitro benzene ring substituents is 1. The Hall–Kier alpha value is -3.31. The van der Waals surface area contributed by atoms with Crippen molar-refractivity contribution < 1.29 is 14.6 Å². The van der Waals surface area contributed by atoms with Crippen molar-refractivity contribution in [3.63, 3.8) is 0 Å². The number of carbonyl (C=O) groups excluding carboxylic acids is 1. The summed E-state index contributed by atoms with van der Waals surface area (Å²) in [5.74, 6) is -0.519. The van der Waals surface area contributed by atoms with Gasteiger partial charge in [0.05, 0.1) is 20.6 Å². The van der Waals surface area contributed by atoms with E-state index < -0.39 is 15.8 Å². The van der Waals surface area contributed by atoms with E-state index >= 15 is 0 Å². The molecule has 0 unspecified atom stereocenters. The number of halogens is 1. The molecule has 2 aromatic carbocycles. The molecule has 1 saturated heterocycles. The molecule has 1 fully saturated rings. The molecule has 0 saturated carbocycles. The highest BCUT2D eigenvalue weighted by atomic mass is 35.5. The van der Waals surface area contributed by atoms with Gasteiger partial charge in [-0.15, -0.1) is 0 Å². The first kappa shape index (κ1) is 22.4. The molecule has 0 radical (unpaired) electrons. The highest BCUT2D eigenvalue weighted by molar-refractivity contribution is 7.80. The highest BCUT2D eigenvalue weighted by Gasteiger charge is 2.23. The zero-order valence-electron chi connectivity index (χ0n) is 16.4. The van der Waals surface area contributed by atoms with Crippen LogP contribution in [-0.2, 0) is 0 Å². The van der Waals surface area contributed by atoms with Gasteiger partial charge in [-0.2, -0.15) is 0 Å². The third kappa shape index (κ3) is 5.06. The zero-order valence-corrected chi connectivity index (χ0v) is 18.0. The number of nitrogens with one attached hydrogen (secondary N) is 1. The fraction of sp³-hybridized carbons (Fsp3) is 0.263. The van der Waals surface area contributed by atoms with E-state index in [1.165, 1.54) is 30.3 Å². The molecule has 1 N–H and O–H groups in total. The lowest BCUT2D eigenvalue weighted by Gasteiger charge is -2.37. The maximum atomic E-state index is 12.5. The number of hydrogen-bond acceptors (Lipinski definition) is 7. The maximum Gasteiger partial charge on any atom is 0.273 e. The Morgan fingerprint density at radius 3 is 2.32 bits per heavy atom. The van der Waals surface area contributed by atoms with Gasteiger partial charge >= 0.3 is 0 Å². The van der Waals surface area contributed by atoms with Crippen LogP contribution in [0.25, 0.3) is 0 Å². The molecule has 2 aromatic rings. The molecule has 10 nitrogen and oxygen atoms in total. The molecular formula is C19H18ClN5O5S. The zero-order chi connectivity index (χ0) is 22.7. The Morgan fingerprint density at radius 2 is 1.74 bits per heavy atom. The predicted octanol–water partition coefficient (Wildman–Crippen LogP) is 3.30. The summed E-state index contributed by atoms with van der Waals surface area (Å²) in [6, 6.07) is 8.58. The molecule has 0 aromatic heterocycles. The van der Waals surface area contributed by atoms with Gasteiger partial charge in [-0.05, 0) is 31.3 Å². The molecule has 0 spiro atoms. The first-order valence-corrected chi connectivity index (χ1v) is 10.00. The van der Waals surface area contributed by atoms with E-state index in [1.807, 2.05) is 9.80 Å². The number of rotatable bonds is 4. The number of nitrogens with zero attached hydrogens (tertiary/aromatic N) is 4. The van der Waals surface area contributed by atoms with Crippen molar-refractivity contribution in [3.05, 3.63) is 72.8 Å². The highest BCUT2D eigenvalue weighted by Crippen LogP contribution is 2.30. The first-order valence-electron chi connectivity index (χ1n) is 9.21. The van der Waals surface area contributed by atoms with E-state index in [9.17, 15) is 25.0 Å². The van der Waals surface area contributed by atoms with Gasteiger partial charge in [0.1, 0.15) is 0 Å². The monoisotopic (exact) mass is 463 g/mol. The van der Waals surface area contributed by atoms with Crippen molar-refractivity contribution >= 4 is 51.9 Å². The number of aryl methyl sites for hydroxylation is 1. The van der Waals surface area contributed by atoms with Crippen LogP contribution in [0.2, 0.25) is 5.02 Å². The average Bonchev–Trinajstić information content (AvgIpc) is 2.73. The standard InChI is InChI=1S/C19H18ClN5O5S/c1-12-2-3-13(10-17(12)25(29)30)18(26)21-19(31)23-8-6-22(7-9-23)16-5-4-14(24(27)28)11-15(16)20/h2-5,10-11H,6-9H2,1H3,(H,21,26,31). The number of anilines is 1. The van der Waals surface area contributed by atoms with Crippen molar-refractivity contribution in [3.8, 4) is 0 Å². The number of carbonyl (C=O) groups is 1. The van der Waals surface area contributed by atoms with Crippen LogP contribution in [0.3, 0.4) is 0 Å². The van der Waals surface area contributed by atoms with Crippen LogP contribution in [0.5, 0.6) is 0 Å². The molecule has 3 rings (SSSR count). The third-order valence-electron chi connectivity index (χ3n) is 4.94. The molecule has 0 atom stereocenters. The molecule has 162 valence electrons. The summed E-state index contributed by atoms with van der Waals surface area (Å²) in [4.78, 5) is 37.2. The van der Waals surface area contributed by atoms with Crippen LogP contribution in [-0.4, -0.2) is 51.9 Å². The number of nitro benzene ring substituents is 2. The molecule has 0 aliphatic carbocycles. The van der Waals surface area contributed by atoms with Gasteiger partial charge in [-0.3, -0.25) is 30.3 Å². The molecule has 1 aliphatic rings. The van der Waals surface area contributed by atoms with Crippen LogP contribution >= 0.6 is 23.8 Å². The topological polar surface area (TPSA) is 122 Å². The number of benzene rings is 2. The number of hydrogen-bond donors (Lipinski definition) is 1. The van der Waals surface area contributed by atoms with Gasteiger partial charge in [0, 0.05) is 55.5 Å². The largest absolute Gasteiger partial charge is 0.367 e. The van der Waals surface area contributed by atoms with Gasteiger partial charge in [-0.1, -0.05) is 17.7 Å². The lowest BCUT2D eigenvalue weighted by Crippen LogP contribution is -2.52. The first-order chi connectivity index (χ1) is 14.7. The SMILES string of the molecule is Cc1ccc(C(=O)NC(=S)N2CCN(c3ccc([N+](=O)[O-])cc3Cl)CC2)cc1[N+](=O)[O-]. The lowest BCUT2D eigenvalue weighted by atomic mass is 10.1. The van der Waals surface area contributed by atoms with Crippen molar-refractivity contribution in [2.24, 2.45) is 0 Å². The Balaban J connectivity index is 1.60. The quantitative estimate of drug-likeness (QED) is 0.416. The predicted molar refractivity (Wildman–Crippen MR) is 120 cm³/mol. The van der Waals surface area contributed by atoms with Crippen LogP contribution in [0.1, 0.15) is 15.9 Å². The lowest BCUT2D eigenvalue weighted by molar-refractivity contribution is -0.385. The summed E-state index contributed by atoms with van der Waals surface area (Å²) < 4.78 is 0. The van der Waals surface area contributed by atoms with Crippen LogP contribution < -0.4 is 10.2 Å². The average molecular weight is 464 g/mol. The van der Waals surface area contributed by atoms with Gasteiger partial charge in [-0.25, -0.2) is 0 Å². The number of amides is 1. The van der Waals surface area contributed by atoms with Gasteiger partial charge in [0.2, 0.25) is 0 Å². The summed E-state index contributed by atoms with van der Waals surface area (Å²) in [6.45, 7) is 3.69.